The Morgan fingerprint density at radius 1 is 1.21 bits per heavy atom. The van der Waals surface area contributed by atoms with E-state index >= 15 is 0 Å². The first-order valence-corrected chi connectivity index (χ1v) is 8.65. The summed E-state index contributed by atoms with van der Waals surface area (Å²) in [5.41, 5.74) is 2.51. The molecule has 0 fully saturated rings. The van der Waals surface area contributed by atoms with E-state index in [1.54, 1.807) is 6.07 Å². The van der Waals surface area contributed by atoms with Crippen molar-refractivity contribution in [3.63, 3.8) is 0 Å². The van der Waals surface area contributed by atoms with E-state index in [0.717, 1.165) is 22.9 Å². The van der Waals surface area contributed by atoms with Gasteiger partial charge in [-0.25, -0.2) is 4.39 Å². The largest absolute Gasteiger partial charge is 0.349 e. The van der Waals surface area contributed by atoms with Crippen LogP contribution in [0.1, 0.15) is 41.4 Å². The highest BCUT2D eigenvalue weighted by Crippen LogP contribution is 2.23. The third-order valence-electron chi connectivity index (χ3n) is 3.73. The first-order valence-electron chi connectivity index (χ1n) is 7.66. The predicted octanol–water partition coefficient (Wildman–Crippen LogP) is 4.31. The lowest BCUT2D eigenvalue weighted by molar-refractivity contribution is -0.119. The van der Waals surface area contributed by atoms with Gasteiger partial charge in [0, 0.05) is 10.5 Å². The minimum Gasteiger partial charge on any atom is -0.349 e. The number of hydrogen-bond acceptors (Lipinski definition) is 3. The lowest BCUT2D eigenvalue weighted by atomic mass is 10.0. The van der Waals surface area contributed by atoms with Crippen molar-refractivity contribution in [2.24, 2.45) is 0 Å². The van der Waals surface area contributed by atoms with Crippen LogP contribution < -0.4 is 5.32 Å². The summed E-state index contributed by atoms with van der Waals surface area (Å²) < 4.78 is 13.9. The topological polar surface area (TPSA) is 46.2 Å². The molecule has 1 unspecified atom stereocenters. The number of Topliss-reactive ketones (excluding diaryl/α,β-unsaturated/α-hetero) is 1. The summed E-state index contributed by atoms with van der Waals surface area (Å²) in [6.45, 7) is 5.31. The molecule has 0 aromatic heterocycles. The van der Waals surface area contributed by atoms with Crippen LogP contribution in [0.4, 0.5) is 4.39 Å². The van der Waals surface area contributed by atoms with E-state index in [4.69, 9.17) is 0 Å². The highest BCUT2D eigenvalue weighted by atomic mass is 32.2. The molecule has 1 N–H and O–H groups in total. The van der Waals surface area contributed by atoms with Crippen LogP contribution in [-0.2, 0) is 4.79 Å². The summed E-state index contributed by atoms with van der Waals surface area (Å²) in [6, 6.07) is 12.1. The highest BCUT2D eigenvalue weighted by molar-refractivity contribution is 8.00. The average molecular weight is 345 g/mol. The van der Waals surface area contributed by atoms with E-state index in [1.807, 2.05) is 38.1 Å². The molecule has 0 spiro atoms. The predicted molar refractivity (Wildman–Crippen MR) is 94.9 cm³/mol. The zero-order valence-corrected chi connectivity index (χ0v) is 14.7. The van der Waals surface area contributed by atoms with Crippen molar-refractivity contribution in [2.75, 3.05) is 5.75 Å². The van der Waals surface area contributed by atoms with Gasteiger partial charge in [-0.05, 0) is 44.0 Å². The Balaban J connectivity index is 1.94. The summed E-state index contributed by atoms with van der Waals surface area (Å²) in [4.78, 5) is 23.7. The number of aryl methyl sites for hydroxylation is 1. The summed E-state index contributed by atoms with van der Waals surface area (Å²) in [5.74, 6) is -0.708. The van der Waals surface area contributed by atoms with E-state index in [2.05, 4.69) is 5.32 Å². The molecule has 0 bridgehead atoms. The number of thioether (sulfide) groups is 1. The van der Waals surface area contributed by atoms with Crippen molar-refractivity contribution >= 4 is 23.5 Å². The van der Waals surface area contributed by atoms with Gasteiger partial charge in [0.2, 0.25) is 5.91 Å². The van der Waals surface area contributed by atoms with Gasteiger partial charge in [0.25, 0.3) is 0 Å². The molecule has 0 heterocycles. The average Bonchev–Trinajstić information content (AvgIpc) is 2.53. The monoisotopic (exact) mass is 345 g/mol. The molecule has 0 aliphatic heterocycles. The normalized spacial score (nSPS) is 11.8. The molecule has 0 aliphatic rings. The number of ketones is 1. The molecule has 2 aromatic rings. The van der Waals surface area contributed by atoms with Crippen molar-refractivity contribution in [1.29, 1.82) is 0 Å². The second-order valence-electron chi connectivity index (χ2n) is 5.64. The molecule has 3 nitrogen and oxygen atoms in total. The van der Waals surface area contributed by atoms with E-state index in [1.165, 1.54) is 19.1 Å². The molecule has 0 aliphatic carbocycles. The van der Waals surface area contributed by atoms with Crippen LogP contribution in [0.3, 0.4) is 0 Å². The standard InChI is InChI=1S/C19H20FNO2S/c1-12-6-4-5-7-16(12)13(2)21-19(23)11-24-18-9-8-15(14(3)22)10-17(18)20/h4-10,13H,11H2,1-3H3,(H,21,23). The fourth-order valence-electron chi connectivity index (χ4n) is 2.41. The van der Waals surface area contributed by atoms with Gasteiger partial charge in [-0.15, -0.1) is 11.8 Å². The van der Waals surface area contributed by atoms with Crippen LogP contribution in [-0.4, -0.2) is 17.4 Å². The number of carbonyl (C=O) groups excluding carboxylic acids is 2. The van der Waals surface area contributed by atoms with Gasteiger partial charge in [0.05, 0.1) is 11.8 Å². The van der Waals surface area contributed by atoms with E-state index in [0.29, 0.717) is 10.5 Å². The maximum Gasteiger partial charge on any atom is 0.230 e. The van der Waals surface area contributed by atoms with Crippen molar-refractivity contribution in [3.05, 3.63) is 65.0 Å². The maximum atomic E-state index is 13.9. The molecule has 1 atom stereocenters. The smallest absolute Gasteiger partial charge is 0.230 e. The number of benzene rings is 2. The zero-order valence-electron chi connectivity index (χ0n) is 13.9. The fourth-order valence-corrected chi connectivity index (χ4v) is 3.14. The van der Waals surface area contributed by atoms with Crippen LogP contribution in [0, 0.1) is 12.7 Å². The van der Waals surface area contributed by atoms with E-state index in [-0.39, 0.29) is 23.5 Å². The summed E-state index contributed by atoms with van der Waals surface area (Å²) in [7, 11) is 0. The first kappa shape index (κ1) is 18.2. The number of carbonyl (C=O) groups is 2. The Bertz CT molecular complexity index is 761. The molecular formula is C19H20FNO2S. The van der Waals surface area contributed by atoms with Crippen molar-refractivity contribution < 1.29 is 14.0 Å². The Morgan fingerprint density at radius 3 is 2.54 bits per heavy atom. The molecular weight excluding hydrogens is 325 g/mol. The number of rotatable bonds is 6. The summed E-state index contributed by atoms with van der Waals surface area (Å²) in [5, 5.41) is 2.92. The summed E-state index contributed by atoms with van der Waals surface area (Å²) in [6.07, 6.45) is 0. The molecule has 2 aromatic carbocycles. The maximum absolute atomic E-state index is 13.9. The number of halogens is 1. The molecule has 0 saturated carbocycles. The second kappa shape index (κ2) is 8.11. The van der Waals surface area contributed by atoms with Gasteiger partial charge >= 0.3 is 0 Å². The van der Waals surface area contributed by atoms with Crippen molar-refractivity contribution in [1.82, 2.24) is 5.32 Å². The minimum atomic E-state index is -0.479. The molecule has 0 radical (unpaired) electrons. The van der Waals surface area contributed by atoms with Gasteiger partial charge in [-0.3, -0.25) is 9.59 Å². The lowest BCUT2D eigenvalue weighted by Gasteiger charge is -2.16. The van der Waals surface area contributed by atoms with Crippen LogP contribution >= 0.6 is 11.8 Å². The Hall–Kier alpha value is -2.14. The number of amides is 1. The molecule has 0 saturated heterocycles. The van der Waals surface area contributed by atoms with Gasteiger partial charge in [0.1, 0.15) is 5.82 Å². The highest BCUT2D eigenvalue weighted by Gasteiger charge is 2.13. The first-order chi connectivity index (χ1) is 11.4. The summed E-state index contributed by atoms with van der Waals surface area (Å²) >= 11 is 1.12. The molecule has 5 heteroatoms. The fraction of sp³-hybridized carbons (Fsp3) is 0.263. The van der Waals surface area contributed by atoms with E-state index < -0.39 is 5.82 Å². The van der Waals surface area contributed by atoms with Gasteiger partial charge < -0.3 is 5.32 Å². The SMILES string of the molecule is CC(=O)c1ccc(SCC(=O)NC(C)c2ccccc2C)c(F)c1. The molecule has 1 amide bonds. The van der Waals surface area contributed by atoms with Gasteiger partial charge in [0.15, 0.2) is 5.78 Å². The number of nitrogens with one attached hydrogen (secondary N) is 1. The zero-order chi connectivity index (χ0) is 17.7. The Kier molecular flexibility index (Phi) is 6.15. The van der Waals surface area contributed by atoms with Gasteiger partial charge in [-0.2, -0.15) is 0 Å². The minimum absolute atomic E-state index is 0.107. The molecule has 24 heavy (non-hydrogen) atoms. The number of hydrogen-bond donors (Lipinski definition) is 1. The van der Waals surface area contributed by atoms with Crippen LogP contribution in [0.5, 0.6) is 0 Å². The van der Waals surface area contributed by atoms with Crippen molar-refractivity contribution in [3.8, 4) is 0 Å². The molecule has 126 valence electrons. The lowest BCUT2D eigenvalue weighted by Crippen LogP contribution is -2.28. The van der Waals surface area contributed by atoms with Crippen LogP contribution in [0.15, 0.2) is 47.4 Å². The second-order valence-corrected chi connectivity index (χ2v) is 6.65. The Morgan fingerprint density at radius 2 is 1.92 bits per heavy atom. The van der Waals surface area contributed by atoms with Crippen molar-refractivity contribution in [2.45, 2.75) is 31.7 Å². The third kappa shape index (κ3) is 4.68. The van der Waals surface area contributed by atoms with Crippen LogP contribution in [0.2, 0.25) is 0 Å². The quantitative estimate of drug-likeness (QED) is 0.627. The van der Waals surface area contributed by atoms with Gasteiger partial charge in [-0.1, -0.05) is 30.3 Å². The molecule has 2 rings (SSSR count). The Labute approximate surface area is 145 Å². The van der Waals surface area contributed by atoms with Crippen LogP contribution in [0.25, 0.3) is 0 Å². The van der Waals surface area contributed by atoms with E-state index in [9.17, 15) is 14.0 Å². The third-order valence-corrected chi connectivity index (χ3v) is 4.78.